The van der Waals surface area contributed by atoms with E-state index in [-0.39, 0.29) is 12.1 Å². The van der Waals surface area contributed by atoms with Crippen molar-refractivity contribution in [3.05, 3.63) is 71.8 Å². The highest BCUT2D eigenvalue weighted by atomic mass is 32.1. The lowest BCUT2D eigenvalue weighted by Crippen LogP contribution is -2.38. The number of hydrogen-bond donors (Lipinski definition) is 3. The van der Waals surface area contributed by atoms with E-state index in [1.165, 1.54) is 17.6 Å². The summed E-state index contributed by atoms with van der Waals surface area (Å²) >= 11 is 1.35. The summed E-state index contributed by atoms with van der Waals surface area (Å²) in [5.74, 6) is -0.850. The van der Waals surface area contributed by atoms with Crippen molar-refractivity contribution in [1.82, 2.24) is 43.4 Å². The van der Waals surface area contributed by atoms with Crippen molar-refractivity contribution < 1.29 is 13.9 Å². The summed E-state index contributed by atoms with van der Waals surface area (Å²) < 4.78 is 35.9. The molecule has 3 N–H and O–H groups in total. The van der Waals surface area contributed by atoms with Gasteiger partial charge in [-0.3, -0.25) is 14.0 Å². The first kappa shape index (κ1) is 27.9. The molecule has 0 saturated heterocycles. The molecule has 1 aromatic carbocycles. The van der Waals surface area contributed by atoms with Gasteiger partial charge in [0.2, 0.25) is 0 Å². The molecule has 14 heteroatoms. The zero-order valence-corrected chi connectivity index (χ0v) is 24.4. The predicted octanol–water partition coefficient (Wildman–Crippen LogP) is 4.90. The van der Waals surface area contributed by atoms with Crippen LogP contribution in [-0.4, -0.2) is 67.2 Å². The number of rotatable bonds is 10. The molecule has 5 aromatic heterocycles. The summed E-state index contributed by atoms with van der Waals surface area (Å²) in [5.41, 5.74) is 3.58. The molecule has 218 valence electrons. The van der Waals surface area contributed by atoms with Crippen molar-refractivity contribution in [2.75, 3.05) is 18.4 Å². The number of halogens is 2. The van der Waals surface area contributed by atoms with Crippen molar-refractivity contribution in [3.63, 3.8) is 0 Å². The van der Waals surface area contributed by atoms with Gasteiger partial charge in [-0.1, -0.05) is 6.92 Å². The lowest BCUT2D eigenvalue weighted by atomic mass is 10.1. The molecule has 0 aliphatic heterocycles. The van der Waals surface area contributed by atoms with Crippen LogP contribution in [0.25, 0.3) is 27.9 Å². The topological polar surface area (TPSA) is 125 Å². The molecule has 0 unspecified atom stereocenters. The van der Waals surface area contributed by atoms with Crippen LogP contribution >= 0.6 is 11.5 Å². The van der Waals surface area contributed by atoms with Gasteiger partial charge in [0, 0.05) is 31.0 Å². The van der Waals surface area contributed by atoms with Gasteiger partial charge in [-0.05, 0) is 57.0 Å². The van der Waals surface area contributed by atoms with E-state index in [1.807, 2.05) is 29.8 Å². The second-order valence-corrected chi connectivity index (χ2v) is 11.7. The number of nitrogens with zero attached hydrogens (tertiary/aromatic N) is 8. The Bertz CT molecular complexity index is 1880. The first-order chi connectivity index (χ1) is 20.1. The number of fused-ring (bicyclic) bond motifs is 2. The molecule has 0 fully saturated rings. The molecule has 6 rings (SSSR count). The molecule has 0 amide bonds. The summed E-state index contributed by atoms with van der Waals surface area (Å²) in [6, 6.07) is 4.53. The van der Waals surface area contributed by atoms with E-state index < -0.39 is 17.2 Å². The quantitative estimate of drug-likeness (QED) is 0.205. The summed E-state index contributed by atoms with van der Waals surface area (Å²) in [6.45, 7) is 9.80. The van der Waals surface area contributed by atoms with Gasteiger partial charge >= 0.3 is 0 Å². The highest BCUT2D eigenvalue weighted by Gasteiger charge is 2.19. The van der Waals surface area contributed by atoms with Crippen LogP contribution in [0.4, 0.5) is 19.6 Å². The normalized spacial score (nSPS) is 12.3. The number of aromatic amines is 1. The minimum Gasteiger partial charge on any atom is -0.389 e. The third kappa shape index (κ3) is 5.73. The third-order valence-electron chi connectivity index (χ3n) is 6.69. The minimum atomic E-state index is -0.974. The van der Waals surface area contributed by atoms with Crippen molar-refractivity contribution in [3.8, 4) is 11.3 Å². The molecule has 5 heterocycles. The summed E-state index contributed by atoms with van der Waals surface area (Å²) in [6.07, 6.45) is 7.23. The van der Waals surface area contributed by atoms with E-state index in [9.17, 15) is 13.9 Å². The lowest BCUT2D eigenvalue weighted by Gasteiger charge is -2.27. The second-order valence-electron chi connectivity index (χ2n) is 10.9. The van der Waals surface area contributed by atoms with Gasteiger partial charge in [0.25, 0.3) is 0 Å². The summed E-state index contributed by atoms with van der Waals surface area (Å²) in [4.78, 5) is 18.7. The number of H-pyrrole nitrogens is 1. The van der Waals surface area contributed by atoms with Crippen molar-refractivity contribution in [2.24, 2.45) is 0 Å². The number of aromatic nitrogens is 8. The van der Waals surface area contributed by atoms with E-state index in [0.717, 1.165) is 40.3 Å². The molecule has 0 bridgehead atoms. The first-order valence-corrected chi connectivity index (χ1v) is 14.2. The van der Waals surface area contributed by atoms with E-state index in [2.05, 4.69) is 46.5 Å². The predicted molar refractivity (Wildman–Crippen MR) is 157 cm³/mol. The molecule has 42 heavy (non-hydrogen) atoms. The fraction of sp³-hybridized carbons (Fsp3) is 0.321. The molecule has 11 nitrogen and oxygen atoms in total. The third-order valence-corrected chi connectivity index (χ3v) is 7.43. The standard InChI is InChI=1S/C28H30F2N10OS/c1-5-38(15-28(3,4)41)13-18-8-23(42-37-18)36-26-27-31-10-21(40(27)11-16(2)33-26)17-9-32-39(12-17)14-22-34-20-7-6-19(29)24(30)25(20)35-22/h6-12,41H,5,13-15H2,1-4H3,(H,33,36)(H,34,35). The maximum atomic E-state index is 14.1. The molecule has 0 spiro atoms. The Hall–Kier alpha value is -4.27. The smallest absolute Gasteiger partial charge is 0.186 e. The van der Waals surface area contributed by atoms with Crippen molar-refractivity contribution in [1.29, 1.82) is 0 Å². The minimum absolute atomic E-state index is 0.0352. The van der Waals surface area contributed by atoms with Crippen LogP contribution in [0.3, 0.4) is 0 Å². The summed E-state index contributed by atoms with van der Waals surface area (Å²) in [5, 5.41) is 18.9. The Labute approximate surface area is 244 Å². The molecule has 0 atom stereocenters. The van der Waals surface area contributed by atoms with Gasteiger partial charge < -0.3 is 15.4 Å². The SMILES string of the molecule is CCN(Cc1cc(Nc2nc(C)cn3c(-c4cnn(Cc5nc6c(F)c(F)ccc6[nH]5)c4)cnc23)sn1)CC(C)(C)O. The Morgan fingerprint density at radius 1 is 1.17 bits per heavy atom. The molecule has 0 aliphatic rings. The van der Waals surface area contributed by atoms with Crippen LogP contribution in [0.1, 0.15) is 38.0 Å². The van der Waals surface area contributed by atoms with Gasteiger partial charge in [0.15, 0.2) is 23.1 Å². The van der Waals surface area contributed by atoms with Gasteiger partial charge in [0.05, 0.1) is 47.1 Å². The van der Waals surface area contributed by atoms with Gasteiger partial charge in [-0.2, -0.15) is 9.47 Å². The Morgan fingerprint density at radius 3 is 2.79 bits per heavy atom. The van der Waals surface area contributed by atoms with Crippen LogP contribution in [0, 0.1) is 18.6 Å². The number of imidazole rings is 2. The number of aryl methyl sites for hydroxylation is 1. The zero-order valence-electron chi connectivity index (χ0n) is 23.6. The molecular formula is C28H30F2N10OS. The Kier molecular flexibility index (Phi) is 7.20. The van der Waals surface area contributed by atoms with E-state index in [0.29, 0.717) is 35.9 Å². The van der Waals surface area contributed by atoms with Crippen LogP contribution in [0.2, 0.25) is 0 Å². The van der Waals surface area contributed by atoms with E-state index in [1.54, 1.807) is 30.9 Å². The average molecular weight is 593 g/mol. The molecule has 0 radical (unpaired) electrons. The highest BCUT2D eigenvalue weighted by Crippen LogP contribution is 2.28. The van der Waals surface area contributed by atoms with Crippen LogP contribution in [-0.2, 0) is 13.1 Å². The Balaban J connectivity index is 1.22. The van der Waals surface area contributed by atoms with Crippen molar-refractivity contribution in [2.45, 2.75) is 46.4 Å². The first-order valence-electron chi connectivity index (χ1n) is 13.4. The monoisotopic (exact) mass is 592 g/mol. The lowest BCUT2D eigenvalue weighted by molar-refractivity contribution is 0.0350. The number of likely N-dealkylation sites (N-methyl/N-ethyl adjacent to an activating group) is 1. The number of nitrogens with one attached hydrogen (secondary N) is 2. The average Bonchev–Trinajstić information content (AvgIpc) is 3.72. The maximum Gasteiger partial charge on any atom is 0.186 e. The van der Waals surface area contributed by atoms with E-state index >= 15 is 0 Å². The van der Waals surface area contributed by atoms with Gasteiger partial charge in [0.1, 0.15) is 16.3 Å². The number of hydrogen-bond acceptors (Lipinski definition) is 9. The van der Waals surface area contributed by atoms with Gasteiger partial charge in [-0.15, -0.1) is 0 Å². The van der Waals surface area contributed by atoms with Crippen LogP contribution in [0.5, 0.6) is 0 Å². The molecule has 0 aliphatic carbocycles. The number of anilines is 2. The zero-order chi connectivity index (χ0) is 29.6. The van der Waals surface area contributed by atoms with E-state index in [4.69, 9.17) is 0 Å². The maximum absolute atomic E-state index is 14.1. The van der Waals surface area contributed by atoms with Crippen LogP contribution < -0.4 is 5.32 Å². The number of aliphatic hydroxyl groups is 1. The van der Waals surface area contributed by atoms with Crippen molar-refractivity contribution >= 4 is 39.0 Å². The Morgan fingerprint density at radius 2 is 2.00 bits per heavy atom. The second kappa shape index (κ2) is 10.9. The fourth-order valence-electron chi connectivity index (χ4n) is 4.90. The molecule has 0 saturated carbocycles. The molecular weight excluding hydrogens is 562 g/mol. The highest BCUT2D eigenvalue weighted by molar-refractivity contribution is 7.10. The van der Waals surface area contributed by atoms with Crippen LogP contribution in [0.15, 0.2) is 43.0 Å². The summed E-state index contributed by atoms with van der Waals surface area (Å²) in [7, 11) is 0. The number of benzene rings is 1. The largest absolute Gasteiger partial charge is 0.389 e. The molecule has 6 aromatic rings. The van der Waals surface area contributed by atoms with Gasteiger partial charge in [-0.25, -0.2) is 23.7 Å². The fourth-order valence-corrected chi connectivity index (χ4v) is 5.56.